The van der Waals surface area contributed by atoms with Crippen molar-refractivity contribution in [2.45, 2.75) is 52.0 Å². The molecule has 0 radical (unpaired) electrons. The molecule has 1 saturated carbocycles. The van der Waals surface area contributed by atoms with E-state index >= 15 is 0 Å². The van der Waals surface area contributed by atoms with E-state index in [0.29, 0.717) is 29.6 Å². The van der Waals surface area contributed by atoms with E-state index in [-0.39, 0.29) is 10.7 Å². The van der Waals surface area contributed by atoms with Gasteiger partial charge in [-0.05, 0) is 63.6 Å². The standard InChI is InChI=1S/C22H25ClN6O5/c1-12-6-8-22(9-7-12)20(32)29(21(33)25-22)27-17(30)11-34-19(31)18-15(23)4-5-16(24-18)28-14(3)10-13(2)26-28/h4-5,10,12H,6-9,11H2,1-3H3,(H,25,33)(H,27,30). The largest absolute Gasteiger partial charge is 0.451 e. The number of amides is 4. The fourth-order valence-electron chi connectivity index (χ4n) is 4.23. The number of hydrogen-bond acceptors (Lipinski definition) is 7. The number of halogens is 1. The topological polar surface area (TPSA) is 136 Å². The number of urea groups is 1. The first-order chi connectivity index (χ1) is 16.1. The van der Waals surface area contributed by atoms with Gasteiger partial charge in [0, 0.05) is 5.69 Å². The molecule has 0 aromatic carbocycles. The molecule has 12 heteroatoms. The maximum atomic E-state index is 12.8. The average Bonchev–Trinajstić information content (AvgIpc) is 3.25. The lowest BCUT2D eigenvalue weighted by Crippen LogP contribution is -2.52. The van der Waals surface area contributed by atoms with Crippen molar-refractivity contribution in [1.29, 1.82) is 0 Å². The molecule has 11 nitrogen and oxygen atoms in total. The third-order valence-corrected chi connectivity index (χ3v) is 6.42. The summed E-state index contributed by atoms with van der Waals surface area (Å²) >= 11 is 6.11. The molecule has 2 N–H and O–H groups in total. The number of hydrazine groups is 1. The van der Waals surface area contributed by atoms with Crippen LogP contribution in [-0.4, -0.2) is 55.7 Å². The average molecular weight is 489 g/mol. The molecule has 0 atom stereocenters. The van der Waals surface area contributed by atoms with Gasteiger partial charge in [0.1, 0.15) is 5.54 Å². The molecule has 0 unspecified atom stereocenters. The number of ether oxygens (including phenoxy) is 1. The van der Waals surface area contributed by atoms with Gasteiger partial charge in [-0.15, -0.1) is 0 Å². The van der Waals surface area contributed by atoms with Crippen LogP contribution in [0.2, 0.25) is 5.02 Å². The fourth-order valence-corrected chi connectivity index (χ4v) is 4.41. The lowest BCUT2D eigenvalue weighted by Gasteiger charge is -2.33. The van der Waals surface area contributed by atoms with E-state index in [1.54, 1.807) is 10.7 Å². The van der Waals surface area contributed by atoms with Crippen LogP contribution < -0.4 is 10.7 Å². The predicted octanol–water partition coefficient (Wildman–Crippen LogP) is 2.23. The number of imide groups is 1. The number of carbonyl (C=O) groups excluding carboxylic acids is 4. The van der Waals surface area contributed by atoms with E-state index in [1.807, 2.05) is 19.9 Å². The first-order valence-electron chi connectivity index (χ1n) is 10.9. The molecule has 34 heavy (non-hydrogen) atoms. The molecule has 2 aliphatic rings. The predicted molar refractivity (Wildman–Crippen MR) is 120 cm³/mol. The highest BCUT2D eigenvalue weighted by Crippen LogP contribution is 2.35. The van der Waals surface area contributed by atoms with Gasteiger partial charge in [0.15, 0.2) is 18.1 Å². The number of rotatable bonds is 5. The Morgan fingerprint density at radius 2 is 1.97 bits per heavy atom. The molecule has 180 valence electrons. The molecule has 4 rings (SSSR count). The number of hydrogen-bond donors (Lipinski definition) is 2. The molecule has 4 amide bonds. The second-order valence-corrected chi connectivity index (χ2v) is 9.19. The second-order valence-electron chi connectivity index (χ2n) is 8.79. The van der Waals surface area contributed by atoms with Gasteiger partial charge in [-0.25, -0.2) is 19.3 Å². The van der Waals surface area contributed by atoms with Crippen LogP contribution in [0.1, 0.15) is 54.5 Å². The summed E-state index contributed by atoms with van der Waals surface area (Å²) in [6, 6.07) is 4.23. The van der Waals surface area contributed by atoms with Gasteiger partial charge in [0.05, 0.1) is 10.7 Å². The van der Waals surface area contributed by atoms with E-state index in [1.165, 1.54) is 6.07 Å². The number of nitrogens with zero attached hydrogens (tertiary/aromatic N) is 4. The van der Waals surface area contributed by atoms with Crippen molar-refractivity contribution in [2.75, 3.05) is 6.61 Å². The molecular formula is C22H25ClN6O5. The molecular weight excluding hydrogens is 464 g/mol. The highest BCUT2D eigenvalue weighted by atomic mass is 35.5. The molecule has 2 fully saturated rings. The summed E-state index contributed by atoms with van der Waals surface area (Å²) in [5.74, 6) is -1.45. The minimum Gasteiger partial charge on any atom is -0.451 e. The van der Waals surface area contributed by atoms with Crippen LogP contribution in [0.15, 0.2) is 18.2 Å². The highest BCUT2D eigenvalue weighted by molar-refractivity contribution is 6.33. The summed E-state index contributed by atoms with van der Waals surface area (Å²) in [7, 11) is 0. The first kappa shape index (κ1) is 23.7. The Balaban J connectivity index is 1.38. The number of aryl methyl sites for hydroxylation is 2. The lowest BCUT2D eigenvalue weighted by molar-refractivity contribution is -0.141. The van der Waals surface area contributed by atoms with Crippen LogP contribution in [-0.2, 0) is 14.3 Å². The first-order valence-corrected chi connectivity index (χ1v) is 11.3. The summed E-state index contributed by atoms with van der Waals surface area (Å²) in [6.45, 7) is 5.03. The van der Waals surface area contributed by atoms with Gasteiger partial charge in [0.25, 0.3) is 11.8 Å². The van der Waals surface area contributed by atoms with Crippen LogP contribution in [0.25, 0.3) is 5.82 Å². The van der Waals surface area contributed by atoms with E-state index in [0.717, 1.165) is 24.2 Å². The van der Waals surface area contributed by atoms with Crippen LogP contribution in [0.3, 0.4) is 0 Å². The maximum absolute atomic E-state index is 12.8. The van der Waals surface area contributed by atoms with Crippen LogP contribution >= 0.6 is 11.6 Å². The number of aromatic nitrogens is 3. The Morgan fingerprint density at radius 1 is 1.26 bits per heavy atom. The third-order valence-electron chi connectivity index (χ3n) is 6.11. The van der Waals surface area contributed by atoms with Gasteiger partial charge in [0.2, 0.25) is 0 Å². The Bertz CT molecular complexity index is 1170. The molecule has 2 aromatic rings. The summed E-state index contributed by atoms with van der Waals surface area (Å²) in [5.41, 5.74) is 2.62. The zero-order valence-corrected chi connectivity index (χ0v) is 19.8. The normalized spacial score (nSPS) is 22.1. The van der Waals surface area contributed by atoms with Crippen molar-refractivity contribution in [3.05, 3.63) is 40.3 Å². The summed E-state index contributed by atoms with van der Waals surface area (Å²) in [4.78, 5) is 54.2. The minimum atomic E-state index is -0.992. The molecule has 0 bridgehead atoms. The molecule has 1 aliphatic carbocycles. The monoisotopic (exact) mass is 488 g/mol. The fraction of sp³-hybridized carbons (Fsp3) is 0.455. The summed E-state index contributed by atoms with van der Waals surface area (Å²) < 4.78 is 6.58. The summed E-state index contributed by atoms with van der Waals surface area (Å²) in [5, 5.41) is 7.71. The molecule has 1 saturated heterocycles. The van der Waals surface area contributed by atoms with Crippen LogP contribution in [0, 0.1) is 19.8 Å². The third kappa shape index (κ3) is 4.47. The van der Waals surface area contributed by atoms with Crippen molar-refractivity contribution in [2.24, 2.45) is 5.92 Å². The van der Waals surface area contributed by atoms with E-state index in [2.05, 4.69) is 27.7 Å². The molecule has 1 aliphatic heterocycles. The number of carbonyl (C=O) groups is 4. The quantitative estimate of drug-likeness (QED) is 0.486. The number of pyridine rings is 1. The van der Waals surface area contributed by atoms with E-state index in [9.17, 15) is 19.2 Å². The molecule has 1 spiro atoms. The van der Waals surface area contributed by atoms with Gasteiger partial charge in [-0.3, -0.25) is 15.0 Å². The van der Waals surface area contributed by atoms with Crippen LogP contribution in [0.5, 0.6) is 0 Å². The van der Waals surface area contributed by atoms with Crippen molar-refractivity contribution >= 4 is 35.4 Å². The maximum Gasteiger partial charge on any atom is 0.359 e. The highest BCUT2D eigenvalue weighted by Gasteiger charge is 2.52. The molecule has 3 heterocycles. The van der Waals surface area contributed by atoms with Gasteiger partial charge < -0.3 is 10.1 Å². The van der Waals surface area contributed by atoms with Crippen molar-refractivity contribution in [3.8, 4) is 5.82 Å². The zero-order chi connectivity index (χ0) is 24.6. The number of nitrogens with one attached hydrogen (secondary N) is 2. The van der Waals surface area contributed by atoms with Gasteiger partial charge in [-0.1, -0.05) is 18.5 Å². The Kier molecular flexibility index (Phi) is 6.30. The summed E-state index contributed by atoms with van der Waals surface area (Å²) in [6.07, 6.45) is 2.62. The molecule has 2 aromatic heterocycles. The number of esters is 1. The van der Waals surface area contributed by atoms with Gasteiger partial charge in [-0.2, -0.15) is 10.1 Å². The minimum absolute atomic E-state index is 0.0401. The van der Waals surface area contributed by atoms with Crippen molar-refractivity contribution in [1.82, 2.24) is 30.5 Å². The smallest absolute Gasteiger partial charge is 0.359 e. The Hall–Kier alpha value is -3.47. The van der Waals surface area contributed by atoms with Gasteiger partial charge >= 0.3 is 12.0 Å². The van der Waals surface area contributed by atoms with Crippen LogP contribution in [0.4, 0.5) is 4.79 Å². The Labute approximate surface area is 200 Å². The van der Waals surface area contributed by atoms with E-state index in [4.69, 9.17) is 16.3 Å². The Morgan fingerprint density at radius 3 is 2.62 bits per heavy atom. The van der Waals surface area contributed by atoms with Crippen molar-refractivity contribution in [3.63, 3.8) is 0 Å². The van der Waals surface area contributed by atoms with E-state index < -0.39 is 36.0 Å². The zero-order valence-electron chi connectivity index (χ0n) is 19.1. The lowest BCUT2D eigenvalue weighted by atomic mass is 9.77. The SMILES string of the molecule is Cc1cc(C)n(-c2ccc(Cl)c(C(=O)OCC(=O)NN3C(=O)NC4(CCC(C)CC4)C3=O)n2)n1. The van der Waals surface area contributed by atoms with Crippen molar-refractivity contribution < 1.29 is 23.9 Å². The second kappa shape index (κ2) is 9.05.